The number of hydrazone groups is 1. The fraction of sp³-hybridized carbons (Fsp3) is 0.0909. The minimum absolute atomic E-state index is 0.189. The lowest BCUT2D eigenvalue weighted by atomic mass is 10.1. The van der Waals surface area contributed by atoms with Gasteiger partial charge in [-0.05, 0) is 68.0 Å². The number of hydrogen-bond acceptors (Lipinski definition) is 3. The summed E-state index contributed by atoms with van der Waals surface area (Å²) >= 11 is 12.2. The normalized spacial score (nSPS) is 15.4. The van der Waals surface area contributed by atoms with E-state index in [0.29, 0.717) is 32.9 Å². The highest BCUT2D eigenvalue weighted by molar-refractivity contribution is 6.36. The fourth-order valence-electron chi connectivity index (χ4n) is 3.03. The van der Waals surface area contributed by atoms with Crippen LogP contribution in [0.5, 0.6) is 0 Å². The van der Waals surface area contributed by atoms with Crippen molar-refractivity contribution >= 4 is 46.6 Å². The van der Waals surface area contributed by atoms with Gasteiger partial charge in [0.2, 0.25) is 0 Å². The summed E-state index contributed by atoms with van der Waals surface area (Å²) in [4.78, 5) is 12.9. The molecule has 0 radical (unpaired) electrons. The minimum atomic E-state index is -0.189. The number of furan rings is 1. The van der Waals surface area contributed by atoms with E-state index in [-0.39, 0.29) is 5.91 Å². The van der Waals surface area contributed by atoms with E-state index in [0.717, 1.165) is 16.8 Å². The second kappa shape index (κ2) is 7.30. The molecule has 1 aromatic heterocycles. The van der Waals surface area contributed by atoms with Gasteiger partial charge in [0.05, 0.1) is 22.0 Å². The number of anilines is 1. The maximum atomic E-state index is 12.9. The second-order valence-electron chi connectivity index (χ2n) is 6.53. The Hall–Kier alpha value is -2.82. The van der Waals surface area contributed by atoms with Crippen molar-refractivity contribution < 1.29 is 9.21 Å². The van der Waals surface area contributed by atoms with Gasteiger partial charge in [-0.15, -0.1) is 0 Å². The Morgan fingerprint density at radius 2 is 1.86 bits per heavy atom. The lowest BCUT2D eigenvalue weighted by Crippen LogP contribution is -2.21. The van der Waals surface area contributed by atoms with Gasteiger partial charge in [-0.2, -0.15) is 10.1 Å². The highest BCUT2D eigenvalue weighted by Gasteiger charge is 2.29. The van der Waals surface area contributed by atoms with Crippen molar-refractivity contribution in [2.24, 2.45) is 5.10 Å². The van der Waals surface area contributed by atoms with Crippen molar-refractivity contribution in [3.05, 3.63) is 81.5 Å². The third kappa shape index (κ3) is 3.49. The van der Waals surface area contributed by atoms with Gasteiger partial charge in [-0.1, -0.05) is 35.3 Å². The van der Waals surface area contributed by atoms with Crippen LogP contribution in [-0.4, -0.2) is 11.6 Å². The van der Waals surface area contributed by atoms with E-state index in [4.69, 9.17) is 27.6 Å². The molecule has 4 nitrogen and oxygen atoms in total. The summed E-state index contributed by atoms with van der Waals surface area (Å²) in [7, 11) is 0. The third-order valence-electron chi connectivity index (χ3n) is 4.42. The molecular weight excluding hydrogens is 395 g/mol. The van der Waals surface area contributed by atoms with Crippen LogP contribution in [0.3, 0.4) is 0 Å². The quantitative estimate of drug-likeness (QED) is 0.470. The first kappa shape index (κ1) is 18.5. The first-order valence-electron chi connectivity index (χ1n) is 8.66. The molecular formula is C22H16Cl2N2O2. The lowest BCUT2D eigenvalue weighted by Gasteiger charge is -2.12. The molecule has 2 aromatic carbocycles. The zero-order chi connectivity index (χ0) is 19.8. The Kier molecular flexibility index (Phi) is 4.84. The number of amides is 1. The maximum absolute atomic E-state index is 12.9. The molecule has 1 amide bonds. The monoisotopic (exact) mass is 410 g/mol. The Bertz CT molecular complexity index is 1140. The number of nitrogens with zero attached hydrogens (tertiary/aromatic N) is 2. The van der Waals surface area contributed by atoms with E-state index in [2.05, 4.69) is 5.10 Å². The molecule has 1 aliphatic heterocycles. The molecule has 4 rings (SSSR count). The van der Waals surface area contributed by atoms with Crippen LogP contribution in [0.15, 0.2) is 69.7 Å². The SMILES string of the molecule is CC1=NN(c2cccc(C)c2)C(=O)/C1=C\c1ccc(-c2ccc(Cl)cc2Cl)o1. The molecule has 0 saturated carbocycles. The molecule has 0 bridgehead atoms. The van der Waals surface area contributed by atoms with E-state index < -0.39 is 0 Å². The Balaban J connectivity index is 1.64. The van der Waals surface area contributed by atoms with Crippen molar-refractivity contribution in [2.45, 2.75) is 13.8 Å². The average molecular weight is 411 g/mol. The van der Waals surface area contributed by atoms with Gasteiger partial charge < -0.3 is 4.42 Å². The van der Waals surface area contributed by atoms with E-state index in [9.17, 15) is 4.79 Å². The maximum Gasteiger partial charge on any atom is 0.280 e. The van der Waals surface area contributed by atoms with Gasteiger partial charge in [-0.25, -0.2) is 0 Å². The topological polar surface area (TPSA) is 45.8 Å². The van der Waals surface area contributed by atoms with Gasteiger partial charge >= 0.3 is 0 Å². The van der Waals surface area contributed by atoms with Gasteiger partial charge in [0.15, 0.2) is 0 Å². The standard InChI is InChI=1S/C22H16Cl2N2O2/c1-13-4-3-5-16(10-13)26-22(27)19(14(2)25-26)12-17-7-9-21(28-17)18-8-6-15(23)11-20(18)24/h3-12H,1-2H3/b19-12-. The predicted octanol–water partition coefficient (Wildman–Crippen LogP) is 6.37. The number of rotatable bonds is 3. The molecule has 0 N–H and O–H groups in total. The minimum Gasteiger partial charge on any atom is -0.457 e. The molecule has 1 aliphatic rings. The Morgan fingerprint density at radius 3 is 2.61 bits per heavy atom. The summed E-state index contributed by atoms with van der Waals surface area (Å²) in [5.41, 5.74) is 3.66. The Morgan fingerprint density at radius 1 is 1.04 bits per heavy atom. The highest BCUT2D eigenvalue weighted by atomic mass is 35.5. The van der Waals surface area contributed by atoms with Gasteiger partial charge in [0.25, 0.3) is 5.91 Å². The first-order chi connectivity index (χ1) is 13.4. The molecule has 0 spiro atoms. The molecule has 0 atom stereocenters. The van der Waals surface area contributed by atoms with E-state index >= 15 is 0 Å². The molecule has 0 aliphatic carbocycles. The van der Waals surface area contributed by atoms with Crippen LogP contribution in [0.1, 0.15) is 18.2 Å². The van der Waals surface area contributed by atoms with Crippen molar-refractivity contribution in [1.82, 2.24) is 0 Å². The number of halogens is 2. The lowest BCUT2D eigenvalue weighted by molar-refractivity contribution is -0.114. The second-order valence-corrected chi connectivity index (χ2v) is 7.37. The zero-order valence-electron chi connectivity index (χ0n) is 15.2. The smallest absolute Gasteiger partial charge is 0.280 e. The summed E-state index contributed by atoms with van der Waals surface area (Å²) in [5, 5.41) is 6.87. The number of aryl methyl sites for hydroxylation is 1. The van der Waals surface area contributed by atoms with Crippen LogP contribution >= 0.6 is 23.2 Å². The predicted molar refractivity (Wildman–Crippen MR) is 114 cm³/mol. The number of carbonyl (C=O) groups excluding carboxylic acids is 1. The zero-order valence-corrected chi connectivity index (χ0v) is 16.8. The van der Waals surface area contributed by atoms with Crippen LogP contribution in [0.25, 0.3) is 17.4 Å². The van der Waals surface area contributed by atoms with Crippen LogP contribution in [-0.2, 0) is 4.79 Å². The van der Waals surface area contributed by atoms with E-state index in [1.165, 1.54) is 5.01 Å². The molecule has 140 valence electrons. The van der Waals surface area contributed by atoms with Crippen LogP contribution < -0.4 is 5.01 Å². The fourth-order valence-corrected chi connectivity index (χ4v) is 3.53. The first-order valence-corrected chi connectivity index (χ1v) is 9.41. The van der Waals surface area contributed by atoms with E-state index in [1.54, 1.807) is 37.3 Å². The largest absolute Gasteiger partial charge is 0.457 e. The summed E-state index contributed by atoms with van der Waals surface area (Å²) in [6, 6.07) is 16.5. The van der Waals surface area contributed by atoms with Crippen molar-refractivity contribution in [3.8, 4) is 11.3 Å². The summed E-state index contributed by atoms with van der Waals surface area (Å²) in [5.74, 6) is 0.958. The van der Waals surface area contributed by atoms with Gasteiger partial charge in [-0.3, -0.25) is 4.79 Å². The molecule has 0 unspecified atom stereocenters. The van der Waals surface area contributed by atoms with Crippen molar-refractivity contribution in [1.29, 1.82) is 0 Å². The van der Waals surface area contributed by atoms with Crippen molar-refractivity contribution in [2.75, 3.05) is 5.01 Å². The Labute approximate surface area is 172 Å². The van der Waals surface area contributed by atoms with Crippen LogP contribution in [0, 0.1) is 6.92 Å². The molecule has 2 heterocycles. The van der Waals surface area contributed by atoms with Gasteiger partial charge in [0, 0.05) is 10.6 Å². The molecule has 3 aromatic rings. The van der Waals surface area contributed by atoms with Crippen LogP contribution in [0.2, 0.25) is 10.0 Å². The highest BCUT2D eigenvalue weighted by Crippen LogP contribution is 2.32. The summed E-state index contributed by atoms with van der Waals surface area (Å²) < 4.78 is 5.88. The third-order valence-corrected chi connectivity index (χ3v) is 4.97. The number of hydrogen-bond donors (Lipinski definition) is 0. The van der Waals surface area contributed by atoms with Crippen molar-refractivity contribution in [3.63, 3.8) is 0 Å². The van der Waals surface area contributed by atoms with E-state index in [1.807, 2.05) is 37.3 Å². The van der Waals surface area contributed by atoms with Gasteiger partial charge in [0.1, 0.15) is 11.5 Å². The summed E-state index contributed by atoms with van der Waals surface area (Å²) in [6.07, 6.45) is 1.70. The van der Waals surface area contributed by atoms with Crippen LogP contribution in [0.4, 0.5) is 5.69 Å². The molecule has 28 heavy (non-hydrogen) atoms. The number of benzene rings is 2. The molecule has 0 fully saturated rings. The molecule has 6 heteroatoms. The molecule has 0 saturated heterocycles. The average Bonchev–Trinajstić information content (AvgIpc) is 3.22. The summed E-state index contributed by atoms with van der Waals surface area (Å²) in [6.45, 7) is 3.78. The number of carbonyl (C=O) groups is 1.